The van der Waals surface area contributed by atoms with Crippen LogP contribution in [0.4, 0.5) is 0 Å². The van der Waals surface area contributed by atoms with Crippen molar-refractivity contribution in [1.29, 1.82) is 0 Å². The summed E-state index contributed by atoms with van der Waals surface area (Å²) in [7, 11) is 0. The summed E-state index contributed by atoms with van der Waals surface area (Å²) in [6.45, 7) is 1.94. The van der Waals surface area contributed by atoms with Crippen molar-refractivity contribution in [2.45, 2.75) is 44.7 Å². The number of hydrogen-bond acceptors (Lipinski definition) is 3. The van der Waals surface area contributed by atoms with Crippen LogP contribution in [0, 0.1) is 0 Å². The minimum absolute atomic E-state index is 0. The van der Waals surface area contributed by atoms with E-state index in [0.717, 1.165) is 19.3 Å². The normalized spacial score (nSPS) is 19.1. The first-order valence-corrected chi connectivity index (χ1v) is 6.46. The molecule has 0 radical (unpaired) electrons. The van der Waals surface area contributed by atoms with Crippen LogP contribution >= 0.6 is 24.2 Å². The molecule has 0 bridgehead atoms. The van der Waals surface area contributed by atoms with Gasteiger partial charge >= 0.3 is 0 Å². The van der Waals surface area contributed by atoms with E-state index < -0.39 is 0 Å². The Morgan fingerprint density at radius 3 is 2.67 bits per heavy atom. The summed E-state index contributed by atoms with van der Waals surface area (Å²) in [6.07, 6.45) is 3.60. The topological polar surface area (TPSA) is 55.1 Å². The molecule has 1 saturated heterocycles. The van der Waals surface area contributed by atoms with E-state index >= 15 is 0 Å². The first kappa shape index (κ1) is 15.1. The standard InChI is InChI=1S/C10H20N2OS.ClH/c1-8(11)2-3-10(13)12-9-4-6-14-7-5-9;/h8-9H,2-7,11H2,1H3,(H,12,13);1H. The van der Waals surface area contributed by atoms with Gasteiger partial charge in [0.25, 0.3) is 0 Å². The summed E-state index contributed by atoms with van der Waals surface area (Å²) in [6, 6.07) is 0.541. The van der Waals surface area contributed by atoms with Gasteiger partial charge in [-0.3, -0.25) is 4.79 Å². The van der Waals surface area contributed by atoms with Crippen LogP contribution in [0.1, 0.15) is 32.6 Å². The van der Waals surface area contributed by atoms with E-state index in [1.54, 1.807) is 0 Å². The second-order valence-electron chi connectivity index (χ2n) is 3.97. The molecule has 1 fully saturated rings. The molecular weight excluding hydrogens is 232 g/mol. The molecule has 5 heteroatoms. The Balaban J connectivity index is 0.00000196. The Labute approximate surface area is 102 Å². The number of amides is 1. The van der Waals surface area contributed by atoms with E-state index in [0.29, 0.717) is 12.5 Å². The molecule has 0 aromatic carbocycles. The largest absolute Gasteiger partial charge is 0.353 e. The number of thioether (sulfide) groups is 1. The summed E-state index contributed by atoms with van der Waals surface area (Å²) < 4.78 is 0. The first-order valence-electron chi connectivity index (χ1n) is 5.31. The Morgan fingerprint density at radius 1 is 1.53 bits per heavy atom. The van der Waals surface area contributed by atoms with Gasteiger partial charge in [-0.05, 0) is 37.7 Å². The number of hydrogen-bond donors (Lipinski definition) is 2. The van der Waals surface area contributed by atoms with Crippen LogP contribution in [-0.2, 0) is 4.79 Å². The maximum Gasteiger partial charge on any atom is 0.220 e. The van der Waals surface area contributed by atoms with Crippen LogP contribution in [0.25, 0.3) is 0 Å². The van der Waals surface area contributed by atoms with Gasteiger partial charge in [0, 0.05) is 18.5 Å². The lowest BCUT2D eigenvalue weighted by molar-refractivity contribution is -0.122. The van der Waals surface area contributed by atoms with Crippen molar-refractivity contribution in [3.8, 4) is 0 Å². The van der Waals surface area contributed by atoms with Gasteiger partial charge in [-0.2, -0.15) is 11.8 Å². The fourth-order valence-electron chi connectivity index (χ4n) is 1.50. The Hall–Kier alpha value is 0.0700. The SMILES string of the molecule is CC(N)CCC(=O)NC1CCSCC1.Cl. The zero-order valence-electron chi connectivity index (χ0n) is 9.20. The quantitative estimate of drug-likeness (QED) is 0.798. The van der Waals surface area contributed by atoms with Crippen LogP contribution in [0.15, 0.2) is 0 Å². The number of halogens is 1. The van der Waals surface area contributed by atoms with Crippen molar-refractivity contribution in [1.82, 2.24) is 5.32 Å². The monoisotopic (exact) mass is 252 g/mol. The van der Waals surface area contributed by atoms with Crippen molar-refractivity contribution in [2.24, 2.45) is 5.73 Å². The van der Waals surface area contributed by atoms with E-state index in [2.05, 4.69) is 5.32 Å². The summed E-state index contributed by atoms with van der Waals surface area (Å²) in [4.78, 5) is 11.4. The summed E-state index contributed by atoms with van der Waals surface area (Å²) in [5.74, 6) is 2.52. The third-order valence-electron chi connectivity index (χ3n) is 2.41. The van der Waals surface area contributed by atoms with Gasteiger partial charge < -0.3 is 11.1 Å². The predicted octanol–water partition coefficient (Wildman–Crippen LogP) is 1.55. The molecule has 15 heavy (non-hydrogen) atoms. The zero-order valence-corrected chi connectivity index (χ0v) is 10.8. The highest BCUT2D eigenvalue weighted by atomic mass is 35.5. The molecule has 1 atom stereocenters. The lowest BCUT2D eigenvalue weighted by atomic mass is 10.1. The molecule has 90 valence electrons. The Kier molecular flexibility index (Phi) is 8.29. The molecule has 0 aromatic rings. The highest BCUT2D eigenvalue weighted by molar-refractivity contribution is 7.99. The van der Waals surface area contributed by atoms with Crippen molar-refractivity contribution in [2.75, 3.05) is 11.5 Å². The van der Waals surface area contributed by atoms with Gasteiger partial charge in [-0.1, -0.05) is 0 Å². The second-order valence-corrected chi connectivity index (χ2v) is 5.19. The lowest BCUT2D eigenvalue weighted by Gasteiger charge is -2.22. The summed E-state index contributed by atoms with van der Waals surface area (Å²) in [5, 5.41) is 3.07. The van der Waals surface area contributed by atoms with Gasteiger partial charge in [-0.25, -0.2) is 0 Å². The van der Waals surface area contributed by atoms with Gasteiger partial charge in [0.15, 0.2) is 0 Å². The second kappa shape index (κ2) is 8.25. The third kappa shape index (κ3) is 7.03. The van der Waals surface area contributed by atoms with Crippen LogP contribution in [0.3, 0.4) is 0 Å². The van der Waals surface area contributed by atoms with Crippen molar-refractivity contribution in [3.63, 3.8) is 0 Å². The minimum atomic E-state index is 0. The Bertz CT molecular complexity index is 184. The van der Waals surface area contributed by atoms with Gasteiger partial charge in [-0.15, -0.1) is 12.4 Å². The fraction of sp³-hybridized carbons (Fsp3) is 0.900. The van der Waals surface area contributed by atoms with Crippen LogP contribution in [0.5, 0.6) is 0 Å². The molecule has 1 heterocycles. The molecule has 1 amide bonds. The molecule has 3 N–H and O–H groups in total. The minimum Gasteiger partial charge on any atom is -0.353 e. The molecular formula is C10H21ClN2OS. The van der Waals surface area contributed by atoms with E-state index in [-0.39, 0.29) is 24.4 Å². The number of nitrogens with one attached hydrogen (secondary N) is 1. The first-order chi connectivity index (χ1) is 6.68. The predicted molar refractivity (Wildman–Crippen MR) is 68.6 cm³/mol. The van der Waals surface area contributed by atoms with Crippen LogP contribution in [0.2, 0.25) is 0 Å². The molecule has 1 unspecified atom stereocenters. The number of carbonyl (C=O) groups is 1. The molecule has 0 aliphatic carbocycles. The number of rotatable bonds is 4. The van der Waals surface area contributed by atoms with E-state index in [1.165, 1.54) is 11.5 Å². The average Bonchev–Trinajstić information content (AvgIpc) is 2.16. The average molecular weight is 253 g/mol. The van der Waals surface area contributed by atoms with Gasteiger partial charge in [0.1, 0.15) is 0 Å². The molecule has 0 saturated carbocycles. The highest BCUT2D eigenvalue weighted by Gasteiger charge is 2.15. The smallest absolute Gasteiger partial charge is 0.220 e. The summed E-state index contributed by atoms with van der Waals surface area (Å²) >= 11 is 1.97. The lowest BCUT2D eigenvalue weighted by Crippen LogP contribution is -2.37. The highest BCUT2D eigenvalue weighted by Crippen LogP contribution is 2.16. The van der Waals surface area contributed by atoms with E-state index in [4.69, 9.17) is 5.73 Å². The van der Waals surface area contributed by atoms with Crippen LogP contribution < -0.4 is 11.1 Å². The van der Waals surface area contributed by atoms with Gasteiger partial charge in [0.2, 0.25) is 5.91 Å². The van der Waals surface area contributed by atoms with Crippen molar-refractivity contribution >= 4 is 30.1 Å². The third-order valence-corrected chi connectivity index (χ3v) is 3.46. The van der Waals surface area contributed by atoms with Gasteiger partial charge in [0.05, 0.1) is 0 Å². The molecule has 0 spiro atoms. The van der Waals surface area contributed by atoms with E-state index in [1.807, 2.05) is 18.7 Å². The maximum atomic E-state index is 11.4. The molecule has 1 rings (SSSR count). The maximum absolute atomic E-state index is 11.4. The molecule has 3 nitrogen and oxygen atoms in total. The molecule has 1 aliphatic rings. The van der Waals surface area contributed by atoms with E-state index in [9.17, 15) is 4.79 Å². The fourth-order valence-corrected chi connectivity index (χ4v) is 2.61. The zero-order chi connectivity index (χ0) is 10.4. The summed E-state index contributed by atoms with van der Waals surface area (Å²) in [5.41, 5.74) is 5.59. The Morgan fingerprint density at radius 2 is 2.13 bits per heavy atom. The number of nitrogens with two attached hydrogens (primary N) is 1. The van der Waals surface area contributed by atoms with Crippen molar-refractivity contribution in [3.05, 3.63) is 0 Å². The van der Waals surface area contributed by atoms with Crippen molar-refractivity contribution < 1.29 is 4.79 Å². The van der Waals surface area contributed by atoms with Crippen LogP contribution in [-0.4, -0.2) is 29.5 Å². The molecule has 1 aliphatic heterocycles. The number of carbonyl (C=O) groups excluding carboxylic acids is 1. The molecule has 0 aromatic heterocycles.